The molecule has 12 heavy (non-hydrogen) atoms. The Morgan fingerprint density at radius 3 is 2.17 bits per heavy atom. The first kappa shape index (κ1) is 11.2. The van der Waals surface area contributed by atoms with E-state index in [1.165, 1.54) is 5.70 Å². The Morgan fingerprint density at radius 1 is 1.42 bits per heavy atom. The number of hydrazone groups is 1. The summed E-state index contributed by atoms with van der Waals surface area (Å²) in [6.07, 6.45) is 2.10. The Balaban J connectivity index is 4.46. The first-order valence-electron chi connectivity index (χ1n) is 4.41. The van der Waals surface area contributed by atoms with Gasteiger partial charge in [-0.3, -0.25) is 5.01 Å². The van der Waals surface area contributed by atoms with Crippen LogP contribution in [0.25, 0.3) is 0 Å². The highest BCUT2D eigenvalue weighted by atomic mass is 15.4. The molecule has 0 aliphatic rings. The fourth-order valence-electron chi connectivity index (χ4n) is 1.17. The molecule has 0 bridgehead atoms. The van der Waals surface area contributed by atoms with Gasteiger partial charge >= 0.3 is 0 Å². The highest BCUT2D eigenvalue weighted by Crippen LogP contribution is 2.21. The van der Waals surface area contributed by atoms with Gasteiger partial charge in [-0.1, -0.05) is 26.8 Å². The average molecular weight is 168 g/mol. The van der Waals surface area contributed by atoms with E-state index in [1.54, 1.807) is 0 Å². The summed E-state index contributed by atoms with van der Waals surface area (Å²) in [7, 11) is 1.93. The molecule has 0 spiro atoms. The summed E-state index contributed by atoms with van der Waals surface area (Å²) in [6, 6.07) is 0. The third kappa shape index (κ3) is 2.68. The highest BCUT2D eigenvalue weighted by Gasteiger charge is 2.14. The Morgan fingerprint density at radius 2 is 1.92 bits per heavy atom. The fourth-order valence-corrected chi connectivity index (χ4v) is 1.17. The summed E-state index contributed by atoms with van der Waals surface area (Å²) in [6.45, 7) is 12.2. The maximum atomic E-state index is 3.88. The second-order valence-electron chi connectivity index (χ2n) is 3.41. The van der Waals surface area contributed by atoms with E-state index in [0.717, 1.165) is 0 Å². The first-order chi connectivity index (χ1) is 5.54. The van der Waals surface area contributed by atoms with Crippen molar-refractivity contribution in [1.29, 1.82) is 0 Å². The Bertz CT molecular complexity index is 171. The lowest BCUT2D eigenvalue weighted by molar-refractivity contribution is 0.338. The lowest BCUT2D eigenvalue weighted by Gasteiger charge is -2.25. The van der Waals surface area contributed by atoms with Crippen molar-refractivity contribution in [2.75, 3.05) is 7.05 Å². The van der Waals surface area contributed by atoms with Crippen LogP contribution in [-0.2, 0) is 0 Å². The van der Waals surface area contributed by atoms with E-state index in [2.05, 4.69) is 38.7 Å². The largest absolute Gasteiger partial charge is 0.273 e. The predicted molar refractivity (Wildman–Crippen MR) is 55.1 cm³/mol. The summed E-state index contributed by atoms with van der Waals surface area (Å²) >= 11 is 0. The van der Waals surface area contributed by atoms with Gasteiger partial charge in [0.1, 0.15) is 0 Å². The van der Waals surface area contributed by atoms with Gasteiger partial charge in [0.2, 0.25) is 0 Å². The molecule has 0 aliphatic carbocycles. The molecule has 1 atom stereocenters. The number of nitrogens with zero attached hydrogens (tertiary/aromatic N) is 2. The van der Waals surface area contributed by atoms with Crippen LogP contribution in [0.4, 0.5) is 0 Å². The van der Waals surface area contributed by atoms with Crippen LogP contribution in [0.3, 0.4) is 0 Å². The second kappa shape index (κ2) is 4.96. The molecule has 0 radical (unpaired) electrons. The SMILES string of the molecule is C=NN(C)/C(=C\C)C(C)C(C)C. The minimum Gasteiger partial charge on any atom is -0.273 e. The summed E-state index contributed by atoms with van der Waals surface area (Å²) in [4.78, 5) is 0. The number of hydrogen-bond acceptors (Lipinski definition) is 2. The normalized spacial score (nSPS) is 14.7. The predicted octanol–water partition coefficient (Wildman–Crippen LogP) is 2.73. The number of rotatable bonds is 4. The van der Waals surface area contributed by atoms with Gasteiger partial charge in [0, 0.05) is 19.5 Å². The molecule has 0 amide bonds. The Kier molecular flexibility index (Phi) is 4.64. The third-order valence-electron chi connectivity index (χ3n) is 2.35. The zero-order valence-electron chi connectivity index (χ0n) is 8.83. The van der Waals surface area contributed by atoms with Crippen LogP contribution in [0.2, 0.25) is 0 Å². The minimum atomic E-state index is 0.533. The van der Waals surface area contributed by atoms with E-state index < -0.39 is 0 Å². The molecule has 0 saturated carbocycles. The molecule has 0 fully saturated rings. The standard InChI is InChI=1S/C10H20N2/c1-7-10(12(6)11-5)9(4)8(2)3/h7-9H,5H2,1-4,6H3/b10-7-. The molecule has 70 valence electrons. The zero-order chi connectivity index (χ0) is 9.72. The molecule has 0 N–H and O–H groups in total. The van der Waals surface area contributed by atoms with Gasteiger partial charge in [-0.05, 0) is 18.8 Å². The molecule has 0 heterocycles. The van der Waals surface area contributed by atoms with Gasteiger partial charge in [0.25, 0.3) is 0 Å². The van der Waals surface area contributed by atoms with Crippen molar-refractivity contribution >= 4 is 6.72 Å². The fraction of sp³-hybridized carbons (Fsp3) is 0.700. The number of allylic oxidation sites excluding steroid dienone is 2. The van der Waals surface area contributed by atoms with Crippen LogP contribution in [0.5, 0.6) is 0 Å². The van der Waals surface area contributed by atoms with Gasteiger partial charge in [-0.15, -0.1) is 0 Å². The van der Waals surface area contributed by atoms with Crippen LogP contribution < -0.4 is 0 Å². The maximum Gasteiger partial charge on any atom is 0.0352 e. The average Bonchev–Trinajstić information content (AvgIpc) is 2.05. The molecule has 0 aromatic heterocycles. The van der Waals surface area contributed by atoms with E-state index in [1.807, 2.05) is 19.0 Å². The monoisotopic (exact) mass is 168 g/mol. The van der Waals surface area contributed by atoms with Crippen molar-refractivity contribution < 1.29 is 0 Å². The smallest absolute Gasteiger partial charge is 0.0352 e. The van der Waals surface area contributed by atoms with Gasteiger partial charge in [0.05, 0.1) is 0 Å². The van der Waals surface area contributed by atoms with E-state index in [4.69, 9.17) is 0 Å². The van der Waals surface area contributed by atoms with Gasteiger partial charge < -0.3 is 0 Å². The van der Waals surface area contributed by atoms with E-state index >= 15 is 0 Å². The summed E-state index contributed by atoms with van der Waals surface area (Å²) in [5.41, 5.74) is 1.24. The van der Waals surface area contributed by atoms with Crippen molar-refractivity contribution in [3.63, 3.8) is 0 Å². The summed E-state index contributed by atoms with van der Waals surface area (Å²) in [5.74, 6) is 1.17. The van der Waals surface area contributed by atoms with Crippen molar-refractivity contribution in [2.45, 2.75) is 27.7 Å². The number of hydrogen-bond donors (Lipinski definition) is 0. The van der Waals surface area contributed by atoms with Crippen LogP contribution >= 0.6 is 0 Å². The Hall–Kier alpha value is -0.790. The maximum absolute atomic E-state index is 3.88. The third-order valence-corrected chi connectivity index (χ3v) is 2.35. The lowest BCUT2D eigenvalue weighted by Crippen LogP contribution is -2.19. The van der Waals surface area contributed by atoms with Crippen molar-refractivity contribution in [3.8, 4) is 0 Å². The second-order valence-corrected chi connectivity index (χ2v) is 3.41. The van der Waals surface area contributed by atoms with Crippen LogP contribution in [-0.4, -0.2) is 18.8 Å². The molecule has 0 rings (SSSR count). The van der Waals surface area contributed by atoms with E-state index in [0.29, 0.717) is 11.8 Å². The Labute approximate surface area is 76.0 Å². The van der Waals surface area contributed by atoms with Crippen LogP contribution in [0.15, 0.2) is 16.9 Å². The summed E-state index contributed by atoms with van der Waals surface area (Å²) < 4.78 is 0. The van der Waals surface area contributed by atoms with Crippen LogP contribution in [0, 0.1) is 11.8 Å². The van der Waals surface area contributed by atoms with Gasteiger partial charge in [0.15, 0.2) is 0 Å². The van der Waals surface area contributed by atoms with E-state index in [9.17, 15) is 0 Å². The first-order valence-corrected chi connectivity index (χ1v) is 4.41. The van der Waals surface area contributed by atoms with Crippen molar-refractivity contribution in [2.24, 2.45) is 16.9 Å². The van der Waals surface area contributed by atoms with E-state index in [-0.39, 0.29) is 0 Å². The topological polar surface area (TPSA) is 15.6 Å². The van der Waals surface area contributed by atoms with Crippen LogP contribution in [0.1, 0.15) is 27.7 Å². The minimum absolute atomic E-state index is 0.533. The lowest BCUT2D eigenvalue weighted by atomic mass is 9.94. The highest BCUT2D eigenvalue weighted by molar-refractivity contribution is 5.23. The van der Waals surface area contributed by atoms with Crippen molar-refractivity contribution in [3.05, 3.63) is 11.8 Å². The van der Waals surface area contributed by atoms with Crippen molar-refractivity contribution in [1.82, 2.24) is 5.01 Å². The molecular weight excluding hydrogens is 148 g/mol. The molecule has 2 heteroatoms. The molecule has 0 aromatic rings. The quantitative estimate of drug-likeness (QED) is 0.465. The molecule has 1 unspecified atom stereocenters. The molecule has 2 nitrogen and oxygen atoms in total. The zero-order valence-corrected chi connectivity index (χ0v) is 8.83. The van der Waals surface area contributed by atoms with Gasteiger partial charge in [-0.2, -0.15) is 5.10 Å². The summed E-state index contributed by atoms with van der Waals surface area (Å²) in [5, 5.41) is 5.72. The molecule has 0 aliphatic heterocycles. The molecule has 0 saturated heterocycles. The molecule has 0 aromatic carbocycles. The molecular formula is C10H20N2. The van der Waals surface area contributed by atoms with Gasteiger partial charge in [-0.25, -0.2) is 0 Å².